The first-order chi connectivity index (χ1) is 10.2. The molecule has 0 aromatic carbocycles. The predicted molar refractivity (Wildman–Crippen MR) is 78.4 cm³/mol. The fourth-order valence-corrected chi connectivity index (χ4v) is 2.36. The van der Waals surface area contributed by atoms with Gasteiger partial charge in [-0.3, -0.25) is 4.40 Å². The van der Waals surface area contributed by atoms with Crippen LogP contribution in [-0.4, -0.2) is 19.2 Å². The fraction of sp³-hybridized carbons (Fsp3) is 0.267. The minimum Gasteiger partial charge on any atom is -0.342 e. The van der Waals surface area contributed by atoms with Gasteiger partial charge in [-0.25, -0.2) is 0 Å². The third-order valence-corrected chi connectivity index (χ3v) is 3.52. The second kappa shape index (κ2) is 5.38. The molecule has 1 unspecified atom stereocenters. The number of hydrogen-bond acceptors (Lipinski definition) is 4. The van der Waals surface area contributed by atoms with Gasteiger partial charge in [0.05, 0.1) is 6.04 Å². The first-order valence-electron chi connectivity index (χ1n) is 6.77. The Morgan fingerprint density at radius 2 is 2.24 bits per heavy atom. The Balaban J connectivity index is 1.74. The molecule has 6 heteroatoms. The molecule has 0 fully saturated rings. The maximum absolute atomic E-state index is 8.96. The summed E-state index contributed by atoms with van der Waals surface area (Å²) in [5.41, 5.74) is 2.58. The smallest absolute Gasteiger partial charge is 0.160 e. The van der Waals surface area contributed by atoms with Crippen molar-refractivity contribution < 1.29 is 0 Å². The van der Waals surface area contributed by atoms with E-state index in [4.69, 9.17) is 5.26 Å². The van der Waals surface area contributed by atoms with E-state index in [1.54, 1.807) is 0 Å². The van der Waals surface area contributed by atoms with E-state index in [9.17, 15) is 0 Å². The van der Waals surface area contributed by atoms with Crippen molar-refractivity contribution in [1.29, 1.82) is 5.26 Å². The van der Waals surface area contributed by atoms with Gasteiger partial charge in [0.1, 0.15) is 11.8 Å². The summed E-state index contributed by atoms with van der Waals surface area (Å²) in [5, 5.41) is 20.8. The van der Waals surface area contributed by atoms with Gasteiger partial charge in [0.25, 0.3) is 0 Å². The summed E-state index contributed by atoms with van der Waals surface area (Å²) < 4.78 is 3.80. The predicted octanol–water partition coefficient (Wildman–Crippen LogP) is 1.79. The van der Waals surface area contributed by atoms with Crippen molar-refractivity contribution in [3.63, 3.8) is 0 Å². The summed E-state index contributed by atoms with van der Waals surface area (Å²) in [7, 11) is 1.87. The summed E-state index contributed by atoms with van der Waals surface area (Å²) in [6, 6.07) is 9.95. The molecule has 3 aromatic heterocycles. The van der Waals surface area contributed by atoms with E-state index in [2.05, 4.69) is 28.5 Å². The quantitative estimate of drug-likeness (QED) is 0.791. The van der Waals surface area contributed by atoms with Crippen LogP contribution in [0.3, 0.4) is 0 Å². The zero-order valence-electron chi connectivity index (χ0n) is 12.0. The van der Waals surface area contributed by atoms with Crippen LogP contribution in [0.2, 0.25) is 0 Å². The van der Waals surface area contributed by atoms with Crippen LogP contribution in [0.1, 0.15) is 30.0 Å². The zero-order chi connectivity index (χ0) is 14.8. The van der Waals surface area contributed by atoms with Gasteiger partial charge in [-0.1, -0.05) is 6.07 Å². The molecule has 0 saturated heterocycles. The lowest BCUT2D eigenvalue weighted by Crippen LogP contribution is -2.20. The molecule has 21 heavy (non-hydrogen) atoms. The van der Waals surface area contributed by atoms with Crippen molar-refractivity contribution in [2.75, 3.05) is 0 Å². The number of aromatic nitrogens is 4. The third-order valence-electron chi connectivity index (χ3n) is 3.52. The Morgan fingerprint density at radius 1 is 1.38 bits per heavy atom. The minimum atomic E-state index is 0.0631. The van der Waals surface area contributed by atoms with Crippen molar-refractivity contribution in [2.45, 2.75) is 19.5 Å². The molecule has 0 saturated carbocycles. The SMILES string of the molecule is CC(NCc1cc(C#N)n(C)c1)c1nnc2ccccn12. The fourth-order valence-electron chi connectivity index (χ4n) is 2.36. The van der Waals surface area contributed by atoms with Crippen molar-refractivity contribution in [3.8, 4) is 6.07 Å². The first kappa shape index (κ1) is 13.3. The number of aryl methyl sites for hydroxylation is 1. The molecule has 106 valence electrons. The zero-order valence-corrected chi connectivity index (χ0v) is 12.0. The van der Waals surface area contributed by atoms with Gasteiger partial charge in [-0.05, 0) is 30.7 Å². The lowest BCUT2D eigenvalue weighted by molar-refractivity contribution is 0.541. The molecule has 0 radical (unpaired) electrons. The second-order valence-corrected chi connectivity index (χ2v) is 5.05. The molecular weight excluding hydrogens is 264 g/mol. The highest BCUT2D eigenvalue weighted by atomic mass is 15.3. The van der Waals surface area contributed by atoms with Gasteiger partial charge in [0.15, 0.2) is 11.5 Å². The Morgan fingerprint density at radius 3 is 3.00 bits per heavy atom. The van der Waals surface area contributed by atoms with Gasteiger partial charge in [-0.2, -0.15) is 5.26 Å². The summed E-state index contributed by atoms with van der Waals surface area (Å²) in [4.78, 5) is 0. The van der Waals surface area contributed by atoms with Crippen LogP contribution in [0.4, 0.5) is 0 Å². The van der Waals surface area contributed by atoms with E-state index in [-0.39, 0.29) is 6.04 Å². The van der Waals surface area contributed by atoms with E-state index in [0.717, 1.165) is 17.0 Å². The van der Waals surface area contributed by atoms with Crippen molar-refractivity contribution >= 4 is 5.65 Å². The number of rotatable bonds is 4. The average molecular weight is 280 g/mol. The standard InChI is InChI=1S/C15H16N6/c1-11(15-19-18-14-5-3-4-6-21(14)15)17-9-12-7-13(8-16)20(2)10-12/h3-7,10-11,17H,9H2,1-2H3. The molecule has 3 aromatic rings. The van der Waals surface area contributed by atoms with E-state index in [0.29, 0.717) is 12.2 Å². The van der Waals surface area contributed by atoms with Crippen LogP contribution in [0, 0.1) is 11.3 Å². The number of nitriles is 1. The largest absolute Gasteiger partial charge is 0.342 e. The van der Waals surface area contributed by atoms with E-state index >= 15 is 0 Å². The molecule has 3 heterocycles. The van der Waals surface area contributed by atoms with Crippen molar-refractivity contribution in [1.82, 2.24) is 24.5 Å². The van der Waals surface area contributed by atoms with E-state index in [1.165, 1.54) is 0 Å². The molecule has 1 atom stereocenters. The van der Waals surface area contributed by atoms with Crippen LogP contribution < -0.4 is 5.32 Å². The monoisotopic (exact) mass is 280 g/mol. The lowest BCUT2D eigenvalue weighted by Gasteiger charge is -2.11. The second-order valence-electron chi connectivity index (χ2n) is 5.05. The maximum atomic E-state index is 8.96. The number of pyridine rings is 1. The Bertz CT molecular complexity index is 807. The van der Waals surface area contributed by atoms with Gasteiger partial charge < -0.3 is 9.88 Å². The van der Waals surface area contributed by atoms with E-state index in [1.807, 2.05) is 52.7 Å². The third kappa shape index (κ3) is 2.51. The lowest BCUT2D eigenvalue weighted by atomic mass is 10.2. The highest BCUT2D eigenvalue weighted by Gasteiger charge is 2.13. The Hall–Kier alpha value is -2.65. The van der Waals surface area contributed by atoms with Gasteiger partial charge in [-0.15, -0.1) is 10.2 Å². The van der Waals surface area contributed by atoms with Crippen LogP contribution in [0.25, 0.3) is 5.65 Å². The van der Waals surface area contributed by atoms with E-state index < -0.39 is 0 Å². The number of nitrogens with zero attached hydrogens (tertiary/aromatic N) is 5. The molecule has 0 aliphatic heterocycles. The molecule has 0 spiro atoms. The highest BCUT2D eigenvalue weighted by molar-refractivity contribution is 5.37. The van der Waals surface area contributed by atoms with Crippen molar-refractivity contribution in [3.05, 3.63) is 53.7 Å². The highest BCUT2D eigenvalue weighted by Crippen LogP contribution is 2.13. The molecule has 0 bridgehead atoms. The van der Waals surface area contributed by atoms with Gasteiger partial charge in [0.2, 0.25) is 0 Å². The molecule has 1 N–H and O–H groups in total. The summed E-state index contributed by atoms with van der Waals surface area (Å²) in [6.45, 7) is 2.73. The normalized spacial score (nSPS) is 12.4. The molecule has 3 rings (SSSR count). The summed E-state index contributed by atoms with van der Waals surface area (Å²) >= 11 is 0. The van der Waals surface area contributed by atoms with Crippen molar-refractivity contribution in [2.24, 2.45) is 7.05 Å². The molecule has 0 aliphatic carbocycles. The topological polar surface area (TPSA) is 70.9 Å². The summed E-state index contributed by atoms with van der Waals surface area (Å²) in [5.74, 6) is 0.877. The molecule has 0 aliphatic rings. The molecular formula is C15H16N6. The van der Waals surface area contributed by atoms with Gasteiger partial charge >= 0.3 is 0 Å². The van der Waals surface area contributed by atoms with Crippen LogP contribution >= 0.6 is 0 Å². The molecule has 6 nitrogen and oxygen atoms in total. The molecule has 0 amide bonds. The first-order valence-corrected chi connectivity index (χ1v) is 6.77. The average Bonchev–Trinajstić information content (AvgIpc) is 3.08. The number of hydrogen-bond donors (Lipinski definition) is 1. The van der Waals surface area contributed by atoms with Crippen LogP contribution in [0.5, 0.6) is 0 Å². The Labute approximate surface area is 122 Å². The minimum absolute atomic E-state index is 0.0631. The summed E-state index contributed by atoms with van der Waals surface area (Å²) in [6.07, 6.45) is 3.92. The maximum Gasteiger partial charge on any atom is 0.160 e. The van der Waals surface area contributed by atoms with Crippen LogP contribution in [0.15, 0.2) is 36.7 Å². The Kier molecular flexibility index (Phi) is 3.42. The number of fused-ring (bicyclic) bond motifs is 1. The van der Waals surface area contributed by atoms with Gasteiger partial charge in [0, 0.05) is 26.0 Å². The number of nitrogens with one attached hydrogen (secondary N) is 1. The van der Waals surface area contributed by atoms with Crippen LogP contribution in [-0.2, 0) is 13.6 Å².